The molecule has 1 atom stereocenters. The van der Waals surface area contributed by atoms with Gasteiger partial charge in [0.15, 0.2) is 0 Å². The number of amides is 2. The van der Waals surface area contributed by atoms with Crippen LogP contribution in [0.2, 0.25) is 0 Å². The smallest absolute Gasteiger partial charge is 0.407 e. The third-order valence-electron chi connectivity index (χ3n) is 3.65. The zero-order valence-corrected chi connectivity index (χ0v) is 15.8. The lowest BCUT2D eigenvalue weighted by Crippen LogP contribution is -2.44. The van der Waals surface area contributed by atoms with Crippen LogP contribution >= 0.6 is 0 Å². The summed E-state index contributed by atoms with van der Waals surface area (Å²) in [6.45, 7) is 5.97. The van der Waals surface area contributed by atoms with Crippen molar-refractivity contribution in [2.75, 3.05) is 13.2 Å². The Morgan fingerprint density at radius 3 is 2.71 bits per heavy atom. The highest BCUT2D eigenvalue weighted by Crippen LogP contribution is 2.21. The topological polar surface area (TPSA) is 106 Å². The van der Waals surface area contributed by atoms with Gasteiger partial charge >= 0.3 is 6.09 Å². The Kier molecular flexibility index (Phi) is 7.42. The molecule has 0 aliphatic heterocycles. The van der Waals surface area contributed by atoms with Gasteiger partial charge < -0.3 is 19.9 Å². The molecule has 0 unspecified atom stereocenters. The third-order valence-corrected chi connectivity index (χ3v) is 3.65. The van der Waals surface area contributed by atoms with Gasteiger partial charge in [-0.15, -0.1) is 0 Å². The van der Waals surface area contributed by atoms with Crippen molar-refractivity contribution in [3.63, 3.8) is 0 Å². The SMILES string of the molecule is CCOC(=O)N[C@H](CNC(=O)c1noc(-c2cc(F)ccc2F)n1)CC(C)C. The van der Waals surface area contributed by atoms with E-state index in [4.69, 9.17) is 9.26 Å². The molecule has 1 aromatic carbocycles. The monoisotopic (exact) mass is 396 g/mol. The van der Waals surface area contributed by atoms with Gasteiger partial charge in [-0.1, -0.05) is 19.0 Å². The molecule has 1 heterocycles. The Balaban J connectivity index is 2.02. The van der Waals surface area contributed by atoms with E-state index < -0.39 is 23.6 Å². The van der Waals surface area contributed by atoms with Gasteiger partial charge in [0.2, 0.25) is 0 Å². The number of halogens is 2. The van der Waals surface area contributed by atoms with Gasteiger partial charge in [0.05, 0.1) is 12.2 Å². The molecule has 0 aliphatic rings. The van der Waals surface area contributed by atoms with Crippen molar-refractivity contribution in [1.29, 1.82) is 0 Å². The number of hydrogen-bond acceptors (Lipinski definition) is 6. The molecular formula is C18H22F2N4O4. The molecule has 1 aromatic heterocycles. The second-order valence-electron chi connectivity index (χ2n) is 6.45. The van der Waals surface area contributed by atoms with E-state index in [-0.39, 0.29) is 42.4 Å². The lowest BCUT2D eigenvalue weighted by atomic mass is 10.0. The Labute approximate surface area is 160 Å². The van der Waals surface area contributed by atoms with Gasteiger partial charge in [-0.05, 0) is 37.5 Å². The minimum atomic E-state index is -0.757. The number of aromatic nitrogens is 2. The second-order valence-corrected chi connectivity index (χ2v) is 6.45. The van der Waals surface area contributed by atoms with Crippen molar-refractivity contribution in [1.82, 2.24) is 20.8 Å². The molecule has 2 aromatic rings. The molecule has 0 saturated carbocycles. The number of carbonyl (C=O) groups is 2. The number of ether oxygens (including phenoxy) is 1. The van der Waals surface area contributed by atoms with Crippen molar-refractivity contribution in [3.8, 4) is 11.5 Å². The van der Waals surface area contributed by atoms with Crippen LogP contribution < -0.4 is 10.6 Å². The fourth-order valence-electron chi connectivity index (χ4n) is 2.48. The van der Waals surface area contributed by atoms with Crippen LogP contribution in [-0.2, 0) is 4.74 Å². The summed E-state index contributed by atoms with van der Waals surface area (Å²) < 4.78 is 36.8. The fraction of sp³-hybridized carbons (Fsp3) is 0.444. The van der Waals surface area contributed by atoms with Crippen molar-refractivity contribution < 1.29 is 27.6 Å². The average Bonchev–Trinajstić information content (AvgIpc) is 3.11. The van der Waals surface area contributed by atoms with Gasteiger partial charge in [0, 0.05) is 12.6 Å². The number of hydrogen-bond donors (Lipinski definition) is 2. The van der Waals surface area contributed by atoms with Crippen LogP contribution in [0, 0.1) is 17.6 Å². The Morgan fingerprint density at radius 1 is 1.29 bits per heavy atom. The van der Waals surface area contributed by atoms with Gasteiger partial charge in [-0.3, -0.25) is 4.79 Å². The van der Waals surface area contributed by atoms with E-state index in [9.17, 15) is 18.4 Å². The van der Waals surface area contributed by atoms with E-state index in [1.165, 1.54) is 0 Å². The Hall–Kier alpha value is -3.04. The van der Waals surface area contributed by atoms with Crippen LogP contribution in [0.4, 0.5) is 13.6 Å². The molecule has 0 radical (unpaired) electrons. The maximum atomic E-state index is 13.8. The van der Waals surface area contributed by atoms with Gasteiger partial charge in [-0.25, -0.2) is 13.6 Å². The van der Waals surface area contributed by atoms with Crippen LogP contribution in [0.25, 0.3) is 11.5 Å². The molecule has 0 spiro atoms. The summed E-state index contributed by atoms with van der Waals surface area (Å²) in [6, 6.07) is 2.40. The van der Waals surface area contributed by atoms with Crippen molar-refractivity contribution >= 4 is 12.0 Å². The molecule has 0 fully saturated rings. The quantitative estimate of drug-likeness (QED) is 0.711. The summed E-state index contributed by atoms with van der Waals surface area (Å²) >= 11 is 0. The number of carbonyl (C=O) groups excluding carboxylic acids is 2. The summed E-state index contributed by atoms with van der Waals surface area (Å²) in [6.07, 6.45) is 0.0243. The maximum Gasteiger partial charge on any atom is 0.407 e. The highest BCUT2D eigenvalue weighted by molar-refractivity contribution is 5.90. The van der Waals surface area contributed by atoms with Crippen molar-refractivity contribution in [2.24, 2.45) is 5.92 Å². The first kappa shape index (κ1) is 21.3. The molecule has 0 aliphatic carbocycles. The first-order valence-corrected chi connectivity index (χ1v) is 8.80. The Morgan fingerprint density at radius 2 is 2.04 bits per heavy atom. The van der Waals surface area contributed by atoms with Crippen molar-refractivity contribution in [2.45, 2.75) is 33.2 Å². The fourth-order valence-corrected chi connectivity index (χ4v) is 2.48. The predicted octanol–water partition coefficient (Wildman–Crippen LogP) is 2.91. The molecule has 2 amide bonds. The van der Waals surface area contributed by atoms with E-state index >= 15 is 0 Å². The first-order chi connectivity index (χ1) is 13.3. The van der Waals surface area contributed by atoms with E-state index in [1.54, 1.807) is 6.92 Å². The normalized spacial score (nSPS) is 11.9. The minimum Gasteiger partial charge on any atom is -0.450 e. The van der Waals surface area contributed by atoms with Gasteiger partial charge in [0.25, 0.3) is 17.6 Å². The lowest BCUT2D eigenvalue weighted by molar-refractivity contribution is 0.0931. The number of alkyl carbamates (subject to hydrolysis) is 1. The third kappa shape index (κ3) is 6.00. The molecule has 2 N–H and O–H groups in total. The summed E-state index contributed by atoms with van der Waals surface area (Å²) in [5.74, 6) is -2.50. The average molecular weight is 396 g/mol. The minimum absolute atomic E-state index is 0.105. The summed E-state index contributed by atoms with van der Waals surface area (Å²) in [5.41, 5.74) is -0.242. The molecule has 152 valence electrons. The van der Waals surface area contributed by atoms with E-state index in [0.717, 1.165) is 18.2 Å². The number of nitrogens with one attached hydrogen (secondary N) is 2. The van der Waals surface area contributed by atoms with E-state index in [0.29, 0.717) is 6.42 Å². The highest BCUT2D eigenvalue weighted by atomic mass is 19.1. The molecule has 0 saturated heterocycles. The first-order valence-electron chi connectivity index (χ1n) is 8.80. The lowest BCUT2D eigenvalue weighted by Gasteiger charge is -2.20. The Bertz CT molecular complexity index is 826. The zero-order chi connectivity index (χ0) is 20.7. The molecule has 8 nitrogen and oxygen atoms in total. The van der Waals surface area contributed by atoms with E-state index in [1.807, 2.05) is 13.8 Å². The molecule has 10 heteroatoms. The standard InChI is InChI=1S/C18H22F2N4O4/c1-4-27-18(26)22-12(7-10(2)3)9-21-16(25)15-23-17(28-24-15)13-8-11(19)5-6-14(13)20/h5-6,8,10,12H,4,7,9H2,1-3H3,(H,21,25)(H,22,26)/t12-/m0/s1. The molecule has 2 rings (SSSR count). The highest BCUT2D eigenvalue weighted by Gasteiger charge is 2.21. The van der Waals surface area contributed by atoms with Crippen LogP contribution in [0.15, 0.2) is 22.7 Å². The van der Waals surface area contributed by atoms with Crippen molar-refractivity contribution in [3.05, 3.63) is 35.7 Å². The predicted molar refractivity (Wildman–Crippen MR) is 95.4 cm³/mol. The summed E-state index contributed by atoms with van der Waals surface area (Å²) in [5, 5.41) is 8.74. The maximum absolute atomic E-state index is 13.8. The molecular weight excluding hydrogens is 374 g/mol. The number of rotatable bonds is 8. The zero-order valence-electron chi connectivity index (χ0n) is 15.8. The molecule has 28 heavy (non-hydrogen) atoms. The van der Waals surface area contributed by atoms with Crippen LogP contribution in [0.3, 0.4) is 0 Å². The van der Waals surface area contributed by atoms with Gasteiger partial charge in [0.1, 0.15) is 11.6 Å². The molecule has 0 bridgehead atoms. The largest absolute Gasteiger partial charge is 0.450 e. The summed E-state index contributed by atoms with van der Waals surface area (Å²) in [7, 11) is 0. The van der Waals surface area contributed by atoms with Crippen LogP contribution in [0.1, 0.15) is 37.8 Å². The number of nitrogens with zero attached hydrogens (tertiary/aromatic N) is 2. The van der Waals surface area contributed by atoms with Crippen LogP contribution in [0.5, 0.6) is 0 Å². The van der Waals surface area contributed by atoms with E-state index in [2.05, 4.69) is 20.8 Å². The second kappa shape index (κ2) is 9.77. The number of benzene rings is 1. The van der Waals surface area contributed by atoms with Crippen LogP contribution in [-0.4, -0.2) is 41.3 Å². The summed E-state index contributed by atoms with van der Waals surface area (Å²) in [4.78, 5) is 27.7. The van der Waals surface area contributed by atoms with Gasteiger partial charge in [-0.2, -0.15) is 4.98 Å².